The van der Waals surface area contributed by atoms with Gasteiger partial charge in [-0.2, -0.15) is 0 Å². The highest BCUT2D eigenvalue weighted by Gasteiger charge is 2.24. The average Bonchev–Trinajstić information content (AvgIpc) is 2.78. The van der Waals surface area contributed by atoms with E-state index in [1.165, 1.54) is 0 Å². The minimum atomic E-state index is -0.0104. The van der Waals surface area contributed by atoms with E-state index in [0.717, 1.165) is 32.1 Å². The summed E-state index contributed by atoms with van der Waals surface area (Å²) in [5.74, 6) is 1.33. The molecule has 0 aliphatic carbocycles. The third-order valence-electron chi connectivity index (χ3n) is 3.06. The van der Waals surface area contributed by atoms with E-state index >= 15 is 0 Å². The lowest BCUT2D eigenvalue weighted by molar-refractivity contribution is -0.120. The van der Waals surface area contributed by atoms with Gasteiger partial charge in [0.25, 0.3) is 0 Å². The maximum Gasteiger partial charge on any atom is 0.239 e. The van der Waals surface area contributed by atoms with Crippen LogP contribution in [0.5, 0.6) is 0 Å². The van der Waals surface area contributed by atoms with Gasteiger partial charge in [-0.15, -0.1) is 24.0 Å². The first-order valence-corrected chi connectivity index (χ1v) is 6.80. The van der Waals surface area contributed by atoms with E-state index in [0.29, 0.717) is 5.92 Å². The Labute approximate surface area is 138 Å². The number of aliphatic imine (C=N–C) groups is 1. The Morgan fingerprint density at radius 1 is 1.50 bits per heavy atom. The van der Waals surface area contributed by atoms with Crippen molar-refractivity contribution in [1.29, 1.82) is 0 Å². The molecule has 1 amide bonds. The molecule has 1 aliphatic heterocycles. The second-order valence-electron chi connectivity index (χ2n) is 5.18. The van der Waals surface area contributed by atoms with Gasteiger partial charge in [0.2, 0.25) is 5.91 Å². The second kappa shape index (κ2) is 10.2. The van der Waals surface area contributed by atoms with Crippen molar-refractivity contribution in [3.63, 3.8) is 0 Å². The summed E-state index contributed by atoms with van der Waals surface area (Å²) in [4.78, 5) is 18.0. The average molecular weight is 398 g/mol. The van der Waals surface area contributed by atoms with Gasteiger partial charge in [0.05, 0.1) is 13.2 Å². The topological polar surface area (TPSA) is 66.0 Å². The van der Waals surface area contributed by atoms with E-state index < -0.39 is 0 Å². The third kappa shape index (κ3) is 6.74. The van der Waals surface area contributed by atoms with Crippen molar-refractivity contribution in [3.05, 3.63) is 0 Å². The number of nitrogens with zero attached hydrogens (tertiary/aromatic N) is 2. The molecule has 0 saturated carbocycles. The van der Waals surface area contributed by atoms with Gasteiger partial charge in [0.1, 0.15) is 0 Å². The van der Waals surface area contributed by atoms with Gasteiger partial charge in [-0.05, 0) is 20.3 Å². The Hall–Kier alpha value is -0.570. The lowest BCUT2D eigenvalue weighted by atomic mass is 10.1. The van der Waals surface area contributed by atoms with Gasteiger partial charge in [0.15, 0.2) is 5.96 Å². The number of amides is 1. The maximum absolute atomic E-state index is 11.6. The van der Waals surface area contributed by atoms with Crippen molar-refractivity contribution < 1.29 is 9.53 Å². The number of guanidine groups is 1. The Kier molecular flexibility index (Phi) is 9.91. The fourth-order valence-corrected chi connectivity index (χ4v) is 2.26. The summed E-state index contributed by atoms with van der Waals surface area (Å²) in [6, 6.07) is 0.161. The van der Waals surface area contributed by atoms with Gasteiger partial charge >= 0.3 is 0 Å². The van der Waals surface area contributed by atoms with Crippen molar-refractivity contribution in [2.75, 3.05) is 40.4 Å². The molecule has 0 radical (unpaired) electrons. The number of likely N-dealkylation sites (tertiary alicyclic amines) is 1. The normalized spacial score (nSPS) is 18.9. The lowest BCUT2D eigenvalue weighted by Gasteiger charge is -2.21. The largest absolute Gasteiger partial charge is 0.384 e. The predicted molar refractivity (Wildman–Crippen MR) is 91.6 cm³/mol. The van der Waals surface area contributed by atoms with E-state index in [2.05, 4.69) is 20.5 Å². The smallest absolute Gasteiger partial charge is 0.239 e. The predicted octanol–water partition coefficient (Wildman–Crippen LogP) is 0.673. The zero-order chi connectivity index (χ0) is 14.3. The highest BCUT2D eigenvalue weighted by atomic mass is 127. The summed E-state index contributed by atoms with van der Waals surface area (Å²) in [7, 11) is 3.47. The maximum atomic E-state index is 11.6. The Balaban J connectivity index is 0.00000361. The van der Waals surface area contributed by atoms with E-state index in [4.69, 9.17) is 4.74 Å². The fraction of sp³-hybridized carbons (Fsp3) is 0.846. The van der Waals surface area contributed by atoms with Crippen LogP contribution >= 0.6 is 24.0 Å². The van der Waals surface area contributed by atoms with Crippen molar-refractivity contribution in [3.8, 4) is 0 Å². The number of carbonyl (C=O) groups excluding carboxylic acids is 1. The molecule has 1 heterocycles. The molecule has 0 bridgehead atoms. The molecule has 6 nitrogen and oxygen atoms in total. The van der Waals surface area contributed by atoms with Crippen molar-refractivity contribution in [1.82, 2.24) is 15.5 Å². The third-order valence-corrected chi connectivity index (χ3v) is 3.06. The van der Waals surface area contributed by atoms with Crippen molar-refractivity contribution >= 4 is 35.8 Å². The molecule has 1 saturated heterocycles. The van der Waals surface area contributed by atoms with Crippen LogP contribution < -0.4 is 10.6 Å². The monoisotopic (exact) mass is 398 g/mol. The quantitative estimate of drug-likeness (QED) is 0.406. The zero-order valence-corrected chi connectivity index (χ0v) is 15.1. The van der Waals surface area contributed by atoms with Crippen LogP contribution in [-0.4, -0.2) is 63.2 Å². The molecule has 1 unspecified atom stereocenters. The first-order valence-electron chi connectivity index (χ1n) is 6.80. The number of hydrogen-bond acceptors (Lipinski definition) is 3. The van der Waals surface area contributed by atoms with Crippen LogP contribution in [-0.2, 0) is 9.53 Å². The Morgan fingerprint density at radius 2 is 2.20 bits per heavy atom. The van der Waals surface area contributed by atoms with Gasteiger partial charge in [-0.1, -0.05) is 0 Å². The van der Waals surface area contributed by atoms with Crippen LogP contribution in [0.2, 0.25) is 0 Å². The number of halogens is 1. The number of methoxy groups -OCH3 is 1. The number of carbonyl (C=O) groups is 1. The van der Waals surface area contributed by atoms with Crippen molar-refractivity contribution in [2.45, 2.75) is 26.3 Å². The molecular formula is C13H27IN4O2. The van der Waals surface area contributed by atoms with E-state index in [1.807, 2.05) is 13.8 Å². The molecule has 2 N–H and O–H groups in total. The number of nitrogens with one attached hydrogen (secondary N) is 2. The summed E-state index contributed by atoms with van der Waals surface area (Å²) in [6.07, 6.45) is 1.10. The van der Waals surface area contributed by atoms with Gasteiger partial charge in [-0.25, -0.2) is 0 Å². The summed E-state index contributed by atoms with van der Waals surface area (Å²) in [6.45, 7) is 6.82. The SMILES string of the molecule is CN=C(NCC(=O)NC(C)C)N1CCC(COC)C1.I. The molecular weight excluding hydrogens is 371 g/mol. The number of ether oxygens (including phenoxy) is 1. The first kappa shape index (κ1) is 19.4. The van der Waals surface area contributed by atoms with Crippen LogP contribution in [0.15, 0.2) is 4.99 Å². The van der Waals surface area contributed by atoms with Gasteiger partial charge < -0.3 is 20.3 Å². The van der Waals surface area contributed by atoms with Crippen molar-refractivity contribution in [2.24, 2.45) is 10.9 Å². The molecule has 1 atom stereocenters. The Bertz CT molecular complexity index is 323. The van der Waals surface area contributed by atoms with Gasteiger partial charge in [-0.3, -0.25) is 9.79 Å². The molecule has 0 aromatic rings. The number of rotatable bonds is 5. The van der Waals surface area contributed by atoms with E-state index in [1.54, 1.807) is 14.2 Å². The minimum Gasteiger partial charge on any atom is -0.384 e. The van der Waals surface area contributed by atoms with Crippen LogP contribution in [0.3, 0.4) is 0 Å². The van der Waals surface area contributed by atoms with Crippen LogP contribution in [0.25, 0.3) is 0 Å². The van der Waals surface area contributed by atoms with Crippen LogP contribution in [0, 0.1) is 5.92 Å². The van der Waals surface area contributed by atoms with E-state index in [9.17, 15) is 4.79 Å². The Morgan fingerprint density at radius 3 is 2.75 bits per heavy atom. The van der Waals surface area contributed by atoms with Gasteiger partial charge in [0, 0.05) is 39.2 Å². The first-order chi connectivity index (χ1) is 9.06. The highest BCUT2D eigenvalue weighted by Crippen LogP contribution is 2.16. The lowest BCUT2D eigenvalue weighted by Crippen LogP contribution is -2.45. The molecule has 118 valence electrons. The molecule has 0 aromatic heterocycles. The molecule has 1 aliphatic rings. The fourth-order valence-electron chi connectivity index (χ4n) is 2.26. The molecule has 1 fully saturated rings. The van der Waals surface area contributed by atoms with Crippen LogP contribution in [0.4, 0.5) is 0 Å². The van der Waals surface area contributed by atoms with E-state index in [-0.39, 0.29) is 42.5 Å². The molecule has 0 spiro atoms. The molecule has 20 heavy (non-hydrogen) atoms. The zero-order valence-electron chi connectivity index (χ0n) is 12.8. The minimum absolute atomic E-state index is 0. The standard InChI is InChI=1S/C13H26N4O2.HI/c1-10(2)16-12(18)7-15-13(14-3)17-6-5-11(8-17)9-19-4;/h10-11H,5-9H2,1-4H3,(H,14,15)(H,16,18);1H. The molecule has 1 rings (SSSR count). The summed E-state index contributed by atoms with van der Waals surface area (Å²) < 4.78 is 5.18. The summed E-state index contributed by atoms with van der Waals surface area (Å²) >= 11 is 0. The highest BCUT2D eigenvalue weighted by molar-refractivity contribution is 14.0. The summed E-state index contributed by atoms with van der Waals surface area (Å²) in [5, 5.41) is 5.95. The summed E-state index contributed by atoms with van der Waals surface area (Å²) in [5.41, 5.74) is 0. The molecule has 0 aromatic carbocycles. The molecule has 7 heteroatoms. The van der Waals surface area contributed by atoms with Crippen LogP contribution in [0.1, 0.15) is 20.3 Å². The second-order valence-corrected chi connectivity index (χ2v) is 5.18. The number of hydrogen-bond donors (Lipinski definition) is 2.